The molecule has 0 radical (unpaired) electrons. The first kappa shape index (κ1) is 20.5. The van der Waals surface area contributed by atoms with Gasteiger partial charge >= 0.3 is 0 Å². The number of rotatable bonds is 6. The quantitative estimate of drug-likeness (QED) is 0.532. The number of fused-ring (bicyclic) bond motifs is 1. The van der Waals surface area contributed by atoms with Crippen molar-refractivity contribution in [3.8, 4) is 0 Å². The molecule has 1 saturated carbocycles. The number of aliphatic hydroxyl groups is 1. The van der Waals surface area contributed by atoms with Crippen LogP contribution in [0.25, 0.3) is 10.3 Å². The van der Waals surface area contributed by atoms with Crippen molar-refractivity contribution in [1.82, 2.24) is 24.8 Å². The van der Waals surface area contributed by atoms with Crippen molar-refractivity contribution < 1.29 is 9.84 Å². The fourth-order valence-corrected chi connectivity index (χ4v) is 4.85. The topological polar surface area (TPSA) is 108 Å². The van der Waals surface area contributed by atoms with E-state index in [9.17, 15) is 5.11 Å². The third kappa shape index (κ3) is 5.27. The lowest BCUT2D eigenvalue weighted by Crippen LogP contribution is -2.36. The van der Waals surface area contributed by atoms with Gasteiger partial charge in [0.15, 0.2) is 5.13 Å². The molecule has 0 aromatic carbocycles. The van der Waals surface area contributed by atoms with Crippen molar-refractivity contribution in [3.63, 3.8) is 0 Å². The summed E-state index contributed by atoms with van der Waals surface area (Å²) >= 11 is 1.51. The second-order valence-electron chi connectivity index (χ2n) is 8.08. The van der Waals surface area contributed by atoms with Crippen molar-refractivity contribution >= 4 is 38.6 Å². The average molecular weight is 442 g/mol. The zero-order valence-corrected chi connectivity index (χ0v) is 18.1. The molecule has 1 aliphatic heterocycles. The van der Waals surface area contributed by atoms with Crippen molar-refractivity contribution in [2.75, 3.05) is 36.9 Å². The van der Waals surface area contributed by atoms with Gasteiger partial charge in [0.25, 0.3) is 0 Å². The molecule has 0 atom stereocenters. The van der Waals surface area contributed by atoms with Crippen molar-refractivity contribution in [3.05, 3.63) is 30.1 Å². The van der Waals surface area contributed by atoms with Crippen molar-refractivity contribution in [2.24, 2.45) is 0 Å². The van der Waals surface area contributed by atoms with E-state index in [0.717, 1.165) is 85.5 Å². The van der Waals surface area contributed by atoms with Crippen LogP contribution in [0.3, 0.4) is 0 Å². The van der Waals surface area contributed by atoms with E-state index in [1.54, 1.807) is 6.20 Å². The predicted molar refractivity (Wildman–Crippen MR) is 121 cm³/mol. The second-order valence-corrected chi connectivity index (χ2v) is 9.06. The molecular weight excluding hydrogens is 414 g/mol. The number of thiazole rings is 1. The molecule has 0 amide bonds. The Morgan fingerprint density at radius 1 is 1.13 bits per heavy atom. The number of pyridine rings is 1. The highest BCUT2D eigenvalue weighted by molar-refractivity contribution is 7.21. The van der Waals surface area contributed by atoms with E-state index in [-0.39, 0.29) is 12.1 Å². The molecular formula is C21H27N7O2S. The minimum Gasteiger partial charge on any atom is -0.393 e. The first-order chi connectivity index (χ1) is 15.2. The van der Waals surface area contributed by atoms with Gasteiger partial charge in [0, 0.05) is 37.9 Å². The van der Waals surface area contributed by atoms with Gasteiger partial charge in [-0.05, 0) is 37.8 Å². The number of nitrogens with one attached hydrogen (secondary N) is 2. The molecule has 2 fully saturated rings. The molecule has 10 heteroatoms. The minimum atomic E-state index is -0.184. The standard InChI is InChI=1S/C21H27N7O2S/c29-16-5-3-14(4-6-16)23-20-24-15(13-28-8-10-30-11-9-28)12-18(26-20)27-21-25-17-2-1-7-22-19(17)31-21/h1-2,7,12,14,16,29H,3-6,8-11,13H2,(H2,23,24,25,26,27). The average Bonchev–Trinajstić information content (AvgIpc) is 3.18. The summed E-state index contributed by atoms with van der Waals surface area (Å²) in [4.78, 5) is 21.7. The summed E-state index contributed by atoms with van der Waals surface area (Å²) < 4.78 is 5.47. The van der Waals surface area contributed by atoms with Crippen LogP contribution >= 0.6 is 11.3 Å². The van der Waals surface area contributed by atoms with Crippen LogP contribution in [0, 0.1) is 0 Å². The smallest absolute Gasteiger partial charge is 0.225 e. The molecule has 1 saturated heterocycles. The maximum atomic E-state index is 9.79. The molecule has 2 aliphatic rings. The van der Waals surface area contributed by atoms with Crippen molar-refractivity contribution in [1.29, 1.82) is 0 Å². The van der Waals surface area contributed by atoms with Crippen LogP contribution in [-0.2, 0) is 11.3 Å². The third-order valence-electron chi connectivity index (χ3n) is 5.70. The molecule has 3 aromatic rings. The normalized spacial score (nSPS) is 22.5. The summed E-state index contributed by atoms with van der Waals surface area (Å²) in [6.07, 6.45) is 5.06. The molecule has 5 rings (SSSR count). The Bertz CT molecular complexity index is 983. The minimum absolute atomic E-state index is 0.184. The van der Waals surface area contributed by atoms with Crippen LogP contribution < -0.4 is 10.6 Å². The molecule has 3 N–H and O–H groups in total. The Hall–Kier alpha value is -2.40. The van der Waals surface area contributed by atoms with Crippen molar-refractivity contribution in [2.45, 2.75) is 44.4 Å². The number of anilines is 3. The number of aromatic nitrogens is 4. The highest BCUT2D eigenvalue weighted by Gasteiger charge is 2.21. The fraction of sp³-hybridized carbons (Fsp3) is 0.524. The van der Waals surface area contributed by atoms with E-state index in [4.69, 9.17) is 14.7 Å². The van der Waals surface area contributed by atoms with Gasteiger partial charge in [-0.15, -0.1) is 0 Å². The Morgan fingerprint density at radius 3 is 2.77 bits per heavy atom. The van der Waals surface area contributed by atoms with Gasteiger partial charge in [0.05, 0.1) is 25.0 Å². The maximum Gasteiger partial charge on any atom is 0.225 e. The Morgan fingerprint density at radius 2 is 1.97 bits per heavy atom. The van der Waals surface area contributed by atoms with Gasteiger partial charge in [0.2, 0.25) is 5.95 Å². The summed E-state index contributed by atoms with van der Waals surface area (Å²) in [5.41, 5.74) is 1.83. The van der Waals surface area contributed by atoms with Crippen LogP contribution in [0.4, 0.5) is 16.9 Å². The summed E-state index contributed by atoms with van der Waals surface area (Å²) in [5.74, 6) is 1.34. The van der Waals surface area contributed by atoms with Crippen LogP contribution in [0.1, 0.15) is 31.4 Å². The van der Waals surface area contributed by atoms with Gasteiger partial charge < -0.3 is 20.5 Å². The summed E-state index contributed by atoms with van der Waals surface area (Å²) in [5, 5.41) is 17.4. The monoisotopic (exact) mass is 441 g/mol. The lowest BCUT2D eigenvalue weighted by molar-refractivity contribution is 0.0336. The number of nitrogens with zero attached hydrogens (tertiary/aromatic N) is 5. The number of hydrogen-bond acceptors (Lipinski definition) is 10. The highest BCUT2D eigenvalue weighted by Crippen LogP contribution is 2.27. The molecule has 3 aromatic heterocycles. The Kier molecular flexibility index (Phi) is 6.21. The van der Waals surface area contributed by atoms with Crippen LogP contribution in [-0.4, -0.2) is 68.4 Å². The van der Waals surface area contributed by atoms with E-state index in [0.29, 0.717) is 5.95 Å². The molecule has 0 unspecified atom stereocenters. The zero-order chi connectivity index (χ0) is 21.0. The molecule has 9 nitrogen and oxygen atoms in total. The van der Waals surface area contributed by atoms with Crippen LogP contribution in [0.15, 0.2) is 24.4 Å². The molecule has 164 valence electrons. The third-order valence-corrected chi connectivity index (χ3v) is 6.59. The zero-order valence-electron chi connectivity index (χ0n) is 17.3. The molecule has 31 heavy (non-hydrogen) atoms. The van der Waals surface area contributed by atoms with Gasteiger partial charge in [-0.1, -0.05) is 11.3 Å². The first-order valence-electron chi connectivity index (χ1n) is 10.8. The molecule has 0 bridgehead atoms. The van der Waals surface area contributed by atoms with E-state index < -0.39 is 0 Å². The lowest BCUT2D eigenvalue weighted by Gasteiger charge is -2.27. The van der Waals surface area contributed by atoms with Gasteiger partial charge in [-0.3, -0.25) is 4.90 Å². The highest BCUT2D eigenvalue weighted by atomic mass is 32.1. The lowest BCUT2D eigenvalue weighted by atomic mass is 9.93. The number of morpholine rings is 1. The van der Waals surface area contributed by atoms with E-state index >= 15 is 0 Å². The number of aliphatic hydroxyl groups excluding tert-OH is 1. The second kappa shape index (κ2) is 9.39. The maximum absolute atomic E-state index is 9.79. The summed E-state index contributed by atoms with van der Waals surface area (Å²) in [6, 6.07) is 6.12. The number of hydrogen-bond donors (Lipinski definition) is 3. The van der Waals surface area contributed by atoms with E-state index in [2.05, 4.69) is 25.5 Å². The first-order valence-corrected chi connectivity index (χ1v) is 11.6. The van der Waals surface area contributed by atoms with E-state index in [1.165, 1.54) is 11.3 Å². The van der Waals surface area contributed by atoms with Gasteiger partial charge in [-0.25, -0.2) is 15.0 Å². The van der Waals surface area contributed by atoms with Crippen LogP contribution in [0.5, 0.6) is 0 Å². The fourth-order valence-electron chi connectivity index (χ4n) is 4.03. The molecule has 0 spiro atoms. The molecule has 4 heterocycles. The van der Waals surface area contributed by atoms with Crippen LogP contribution in [0.2, 0.25) is 0 Å². The summed E-state index contributed by atoms with van der Waals surface area (Å²) in [7, 11) is 0. The van der Waals surface area contributed by atoms with Gasteiger partial charge in [0.1, 0.15) is 16.2 Å². The van der Waals surface area contributed by atoms with E-state index in [1.807, 2.05) is 18.2 Å². The Balaban J connectivity index is 1.37. The van der Waals surface area contributed by atoms with Gasteiger partial charge in [-0.2, -0.15) is 4.98 Å². The summed E-state index contributed by atoms with van der Waals surface area (Å²) in [6.45, 7) is 4.06. The Labute approximate surface area is 184 Å². The molecule has 1 aliphatic carbocycles. The largest absolute Gasteiger partial charge is 0.393 e. The predicted octanol–water partition coefficient (Wildman–Crippen LogP) is 2.77. The number of ether oxygens (including phenoxy) is 1. The SMILES string of the molecule is OC1CCC(Nc2nc(CN3CCOCC3)cc(Nc3nc4cccnc4s3)n2)CC1.